The third-order valence-electron chi connectivity index (χ3n) is 8.61. The fourth-order valence-corrected chi connectivity index (χ4v) is 6.42. The number of hydrogen-bond donors (Lipinski definition) is 3. The van der Waals surface area contributed by atoms with Gasteiger partial charge in [0.2, 0.25) is 0 Å². The summed E-state index contributed by atoms with van der Waals surface area (Å²) in [4.78, 5) is 6.27. The number of rotatable bonds is 6. The predicted molar refractivity (Wildman–Crippen MR) is 158 cm³/mol. The highest BCUT2D eigenvalue weighted by atomic mass is 16.5. The fourth-order valence-electron chi connectivity index (χ4n) is 6.42. The number of H-pyrrole nitrogens is 2. The van der Waals surface area contributed by atoms with Crippen molar-refractivity contribution < 1.29 is 4.74 Å². The molecule has 3 aromatic carbocycles. The second-order valence-corrected chi connectivity index (χ2v) is 11.0. The van der Waals surface area contributed by atoms with Gasteiger partial charge in [-0.1, -0.05) is 30.3 Å². The van der Waals surface area contributed by atoms with E-state index >= 15 is 0 Å². The fraction of sp³-hybridized carbons (Fsp3) is 0.303. The van der Waals surface area contributed by atoms with Crippen LogP contribution in [0.4, 0.5) is 5.69 Å². The molecule has 39 heavy (non-hydrogen) atoms. The summed E-state index contributed by atoms with van der Waals surface area (Å²) in [6.07, 6.45) is 9.79. The highest BCUT2D eigenvalue weighted by Crippen LogP contribution is 2.42. The second-order valence-electron chi connectivity index (χ2n) is 11.0. The number of hydrogen-bond acceptors (Lipinski definition) is 4. The number of nitrogens with one attached hydrogen (secondary N) is 3. The molecule has 0 saturated carbocycles. The van der Waals surface area contributed by atoms with Gasteiger partial charge in [0.25, 0.3) is 0 Å². The molecule has 2 fully saturated rings. The standard InChI is InChI=1S/C33H35N5O/c1-2-17-38(18-3-1)28-5-4-6-29(20-28)39-30-12-9-25-19-32(37-31(25)21-30)33(13-15-34-16-14-33)27-10-7-24(8-11-27)26-22-35-36-23-26/h4-12,19-23,34,37H,1-3,13-18H2,(H,35,36). The molecular weight excluding hydrogens is 482 g/mol. The average Bonchev–Trinajstić information content (AvgIpc) is 3.69. The molecule has 0 amide bonds. The van der Waals surface area contributed by atoms with Crippen LogP contribution in [0.25, 0.3) is 22.0 Å². The van der Waals surface area contributed by atoms with E-state index in [1.807, 2.05) is 12.4 Å². The molecule has 4 heterocycles. The maximum absolute atomic E-state index is 6.37. The van der Waals surface area contributed by atoms with Crippen molar-refractivity contribution in [3.8, 4) is 22.6 Å². The molecule has 0 unspecified atom stereocenters. The third-order valence-corrected chi connectivity index (χ3v) is 8.61. The van der Waals surface area contributed by atoms with E-state index in [0.29, 0.717) is 0 Å². The lowest BCUT2D eigenvalue weighted by Crippen LogP contribution is -2.41. The molecule has 0 bridgehead atoms. The van der Waals surface area contributed by atoms with E-state index < -0.39 is 0 Å². The molecule has 0 radical (unpaired) electrons. The number of nitrogens with zero attached hydrogens (tertiary/aromatic N) is 2. The molecule has 6 heteroatoms. The van der Waals surface area contributed by atoms with E-state index in [0.717, 1.165) is 61.6 Å². The zero-order chi connectivity index (χ0) is 26.1. The minimum absolute atomic E-state index is 0.0526. The van der Waals surface area contributed by atoms with Gasteiger partial charge in [0, 0.05) is 59.3 Å². The normalized spacial score (nSPS) is 17.4. The number of fused-ring (bicyclic) bond motifs is 1. The molecule has 7 rings (SSSR count). The Bertz CT molecular complexity index is 1540. The summed E-state index contributed by atoms with van der Waals surface area (Å²) < 4.78 is 6.37. The predicted octanol–water partition coefficient (Wildman–Crippen LogP) is 7.01. The van der Waals surface area contributed by atoms with Crippen molar-refractivity contribution in [1.82, 2.24) is 20.5 Å². The zero-order valence-corrected chi connectivity index (χ0v) is 22.2. The van der Waals surface area contributed by atoms with Crippen molar-refractivity contribution in [2.45, 2.75) is 37.5 Å². The van der Waals surface area contributed by atoms with E-state index in [-0.39, 0.29) is 5.41 Å². The van der Waals surface area contributed by atoms with Gasteiger partial charge in [-0.05, 0) is 92.0 Å². The number of anilines is 1. The van der Waals surface area contributed by atoms with Gasteiger partial charge in [-0.2, -0.15) is 5.10 Å². The Morgan fingerprint density at radius 1 is 0.795 bits per heavy atom. The zero-order valence-electron chi connectivity index (χ0n) is 22.2. The first-order chi connectivity index (χ1) is 19.3. The van der Waals surface area contributed by atoms with Crippen LogP contribution in [0, 0.1) is 0 Å². The molecule has 0 spiro atoms. The van der Waals surface area contributed by atoms with E-state index in [4.69, 9.17) is 4.74 Å². The van der Waals surface area contributed by atoms with Crippen LogP contribution < -0.4 is 15.0 Å². The molecule has 0 aliphatic carbocycles. The number of aromatic amines is 2. The Morgan fingerprint density at radius 2 is 1.62 bits per heavy atom. The van der Waals surface area contributed by atoms with Crippen LogP contribution in [0.5, 0.6) is 11.5 Å². The summed E-state index contributed by atoms with van der Waals surface area (Å²) in [6.45, 7) is 4.26. The lowest BCUT2D eigenvalue weighted by molar-refractivity contribution is 0.356. The average molecular weight is 518 g/mol. The van der Waals surface area contributed by atoms with Gasteiger partial charge in [0.05, 0.1) is 6.20 Å². The number of ether oxygens (including phenoxy) is 1. The summed E-state index contributed by atoms with van der Waals surface area (Å²) in [5.41, 5.74) is 7.24. The largest absolute Gasteiger partial charge is 0.457 e. The highest BCUT2D eigenvalue weighted by Gasteiger charge is 2.37. The van der Waals surface area contributed by atoms with E-state index in [1.54, 1.807) is 0 Å². The van der Waals surface area contributed by atoms with Crippen molar-refractivity contribution in [2.24, 2.45) is 0 Å². The molecule has 2 aliphatic heterocycles. The van der Waals surface area contributed by atoms with Crippen molar-refractivity contribution in [3.63, 3.8) is 0 Å². The van der Waals surface area contributed by atoms with Crippen LogP contribution in [0.2, 0.25) is 0 Å². The van der Waals surface area contributed by atoms with Crippen molar-refractivity contribution in [1.29, 1.82) is 0 Å². The molecule has 5 aromatic rings. The topological polar surface area (TPSA) is 69.0 Å². The first kappa shape index (κ1) is 24.0. The minimum Gasteiger partial charge on any atom is -0.457 e. The van der Waals surface area contributed by atoms with Crippen molar-refractivity contribution in [2.75, 3.05) is 31.1 Å². The second kappa shape index (κ2) is 10.3. The Hall–Kier alpha value is -4.03. The van der Waals surface area contributed by atoms with Crippen LogP contribution in [0.3, 0.4) is 0 Å². The van der Waals surface area contributed by atoms with Crippen LogP contribution >= 0.6 is 0 Å². The summed E-state index contributed by atoms with van der Waals surface area (Å²) in [7, 11) is 0. The Labute approximate surface area is 229 Å². The number of piperidine rings is 2. The quantitative estimate of drug-likeness (QED) is 0.227. The number of aromatic nitrogens is 3. The van der Waals surface area contributed by atoms with Crippen LogP contribution in [-0.4, -0.2) is 41.4 Å². The van der Waals surface area contributed by atoms with Gasteiger partial charge in [-0.15, -0.1) is 0 Å². The first-order valence-corrected chi connectivity index (χ1v) is 14.2. The van der Waals surface area contributed by atoms with Crippen molar-refractivity contribution in [3.05, 3.63) is 96.4 Å². The van der Waals surface area contributed by atoms with Gasteiger partial charge in [-0.25, -0.2) is 0 Å². The molecular formula is C33H35N5O. The molecule has 198 valence electrons. The molecule has 2 saturated heterocycles. The smallest absolute Gasteiger partial charge is 0.129 e. The molecule has 2 aliphatic rings. The van der Waals surface area contributed by atoms with Crippen molar-refractivity contribution >= 4 is 16.6 Å². The van der Waals surface area contributed by atoms with Gasteiger partial charge in [0.1, 0.15) is 11.5 Å². The first-order valence-electron chi connectivity index (χ1n) is 14.2. The van der Waals surface area contributed by atoms with Crippen LogP contribution in [-0.2, 0) is 5.41 Å². The van der Waals surface area contributed by atoms with Gasteiger partial charge >= 0.3 is 0 Å². The highest BCUT2D eigenvalue weighted by molar-refractivity contribution is 5.82. The lowest BCUT2D eigenvalue weighted by atomic mass is 9.70. The maximum Gasteiger partial charge on any atom is 0.129 e. The third kappa shape index (κ3) is 4.70. The van der Waals surface area contributed by atoms with Crippen LogP contribution in [0.15, 0.2) is 85.2 Å². The maximum atomic E-state index is 6.37. The van der Waals surface area contributed by atoms with Gasteiger partial charge in [0.15, 0.2) is 0 Å². The molecule has 3 N–H and O–H groups in total. The summed E-state index contributed by atoms with van der Waals surface area (Å²) in [5, 5.41) is 11.8. The van der Waals surface area contributed by atoms with Crippen LogP contribution in [0.1, 0.15) is 43.4 Å². The van der Waals surface area contributed by atoms with E-state index in [1.165, 1.54) is 47.2 Å². The number of benzene rings is 3. The Balaban J connectivity index is 1.18. The minimum atomic E-state index is -0.0526. The molecule has 6 nitrogen and oxygen atoms in total. The molecule has 0 atom stereocenters. The lowest BCUT2D eigenvalue weighted by Gasteiger charge is -2.38. The van der Waals surface area contributed by atoms with E-state index in [9.17, 15) is 0 Å². The summed E-state index contributed by atoms with van der Waals surface area (Å²) >= 11 is 0. The SMILES string of the molecule is c1cc(Oc2ccc3cc(C4(c5ccc(-c6cn[nH]c6)cc5)CCNCC4)[nH]c3c2)cc(N2CCCCC2)c1. The molecule has 2 aromatic heterocycles. The Morgan fingerprint density at radius 3 is 2.41 bits per heavy atom. The van der Waals surface area contributed by atoms with Gasteiger partial charge < -0.3 is 19.9 Å². The van der Waals surface area contributed by atoms with Gasteiger partial charge in [-0.3, -0.25) is 5.10 Å². The summed E-state index contributed by atoms with van der Waals surface area (Å²) in [6, 6.07) is 26.3. The van der Waals surface area contributed by atoms with E-state index in [2.05, 4.69) is 98.2 Å². The Kier molecular flexibility index (Phi) is 6.33. The summed E-state index contributed by atoms with van der Waals surface area (Å²) in [5.74, 6) is 1.74. The monoisotopic (exact) mass is 517 g/mol.